The van der Waals surface area contributed by atoms with Gasteiger partial charge >= 0.3 is 0 Å². The van der Waals surface area contributed by atoms with Crippen LogP contribution >= 0.6 is 0 Å². The Morgan fingerprint density at radius 2 is 1.55 bits per heavy atom. The SMILES string of the molecule is CCNc1nc(NCc2ccc(F)cc2)c(F)cc1F. The van der Waals surface area contributed by atoms with E-state index < -0.39 is 11.6 Å². The number of benzene rings is 1. The molecule has 0 aliphatic carbocycles. The largest absolute Gasteiger partial charge is 0.368 e. The van der Waals surface area contributed by atoms with Crippen LogP contribution in [-0.2, 0) is 6.54 Å². The molecular formula is C14H14F3N3. The van der Waals surface area contributed by atoms with E-state index in [-0.39, 0.29) is 24.0 Å². The maximum atomic E-state index is 13.6. The third kappa shape index (κ3) is 3.40. The number of hydrogen-bond donors (Lipinski definition) is 2. The van der Waals surface area contributed by atoms with Gasteiger partial charge < -0.3 is 10.6 Å². The fourth-order valence-electron chi connectivity index (χ4n) is 1.67. The van der Waals surface area contributed by atoms with Crippen molar-refractivity contribution in [1.29, 1.82) is 0 Å². The molecule has 0 unspecified atom stereocenters. The summed E-state index contributed by atoms with van der Waals surface area (Å²) in [7, 11) is 0. The number of rotatable bonds is 5. The standard InChI is InChI=1S/C14H14F3N3/c1-2-18-13-11(16)7-12(17)14(20-13)19-8-9-3-5-10(15)6-4-9/h3-7H,2,8H2,1H3,(H2,18,19,20). The molecule has 0 aliphatic heterocycles. The first-order valence-electron chi connectivity index (χ1n) is 6.18. The Labute approximate surface area is 114 Å². The van der Waals surface area contributed by atoms with E-state index in [1.165, 1.54) is 12.1 Å². The average Bonchev–Trinajstić information content (AvgIpc) is 2.42. The summed E-state index contributed by atoms with van der Waals surface area (Å²) < 4.78 is 39.7. The lowest BCUT2D eigenvalue weighted by atomic mass is 10.2. The molecule has 0 fully saturated rings. The van der Waals surface area contributed by atoms with Gasteiger partial charge in [0.2, 0.25) is 0 Å². The summed E-state index contributed by atoms with van der Waals surface area (Å²) in [5.41, 5.74) is 0.766. The van der Waals surface area contributed by atoms with Crippen LogP contribution in [0.1, 0.15) is 12.5 Å². The van der Waals surface area contributed by atoms with Gasteiger partial charge in [-0.2, -0.15) is 0 Å². The highest BCUT2D eigenvalue weighted by atomic mass is 19.1. The van der Waals surface area contributed by atoms with Crippen LogP contribution in [0, 0.1) is 17.5 Å². The molecule has 0 saturated heterocycles. The number of pyridine rings is 1. The fraction of sp³-hybridized carbons (Fsp3) is 0.214. The summed E-state index contributed by atoms with van der Waals surface area (Å²) in [5.74, 6) is -1.90. The van der Waals surface area contributed by atoms with Crippen LogP contribution in [0.4, 0.5) is 24.8 Å². The lowest BCUT2D eigenvalue weighted by molar-refractivity contribution is 0.578. The summed E-state index contributed by atoms with van der Waals surface area (Å²) in [6, 6.07) is 6.56. The van der Waals surface area contributed by atoms with Crippen molar-refractivity contribution in [2.75, 3.05) is 17.2 Å². The number of nitrogens with one attached hydrogen (secondary N) is 2. The van der Waals surface area contributed by atoms with E-state index in [1.54, 1.807) is 19.1 Å². The molecule has 0 atom stereocenters. The molecule has 2 N–H and O–H groups in total. The third-order valence-electron chi connectivity index (χ3n) is 2.65. The maximum Gasteiger partial charge on any atom is 0.168 e. The van der Waals surface area contributed by atoms with Gasteiger partial charge in [-0.1, -0.05) is 12.1 Å². The van der Waals surface area contributed by atoms with Crippen molar-refractivity contribution in [1.82, 2.24) is 4.98 Å². The molecule has 0 saturated carbocycles. The van der Waals surface area contributed by atoms with Crippen molar-refractivity contribution in [2.24, 2.45) is 0 Å². The summed E-state index contributed by atoms with van der Waals surface area (Å²) in [6.45, 7) is 2.53. The van der Waals surface area contributed by atoms with Crippen LogP contribution in [0.2, 0.25) is 0 Å². The summed E-state index contributed by atoms with van der Waals surface area (Å²) in [5, 5.41) is 5.47. The Morgan fingerprint density at radius 1 is 0.950 bits per heavy atom. The molecule has 0 radical (unpaired) electrons. The normalized spacial score (nSPS) is 10.4. The van der Waals surface area contributed by atoms with Gasteiger partial charge in [0.25, 0.3) is 0 Å². The number of aromatic nitrogens is 1. The zero-order valence-corrected chi connectivity index (χ0v) is 10.9. The molecule has 2 rings (SSSR count). The minimum Gasteiger partial charge on any atom is -0.368 e. The molecule has 106 valence electrons. The summed E-state index contributed by atoms with van der Waals surface area (Å²) in [4.78, 5) is 3.85. The summed E-state index contributed by atoms with van der Waals surface area (Å²) in [6.07, 6.45) is 0. The molecule has 1 aromatic heterocycles. The second-order valence-electron chi connectivity index (χ2n) is 4.16. The van der Waals surface area contributed by atoms with Crippen LogP contribution in [0.25, 0.3) is 0 Å². The van der Waals surface area contributed by atoms with Gasteiger partial charge in [0.15, 0.2) is 23.3 Å². The molecule has 1 heterocycles. The molecule has 0 spiro atoms. The maximum absolute atomic E-state index is 13.6. The smallest absolute Gasteiger partial charge is 0.168 e. The van der Waals surface area contributed by atoms with Crippen LogP contribution in [0.3, 0.4) is 0 Å². The topological polar surface area (TPSA) is 37.0 Å². The van der Waals surface area contributed by atoms with Crippen LogP contribution in [0.5, 0.6) is 0 Å². The van der Waals surface area contributed by atoms with E-state index in [4.69, 9.17) is 0 Å². The van der Waals surface area contributed by atoms with Gasteiger partial charge in [-0.15, -0.1) is 0 Å². The number of anilines is 2. The molecule has 0 bridgehead atoms. The van der Waals surface area contributed by atoms with Gasteiger partial charge in [0.1, 0.15) is 5.82 Å². The van der Waals surface area contributed by atoms with Gasteiger partial charge in [-0.05, 0) is 24.6 Å². The Morgan fingerprint density at radius 3 is 2.15 bits per heavy atom. The van der Waals surface area contributed by atoms with Gasteiger partial charge in [0, 0.05) is 19.2 Å². The van der Waals surface area contributed by atoms with E-state index in [0.29, 0.717) is 6.54 Å². The van der Waals surface area contributed by atoms with Crippen LogP contribution < -0.4 is 10.6 Å². The monoisotopic (exact) mass is 281 g/mol. The minimum atomic E-state index is -0.772. The second kappa shape index (κ2) is 6.27. The van der Waals surface area contributed by atoms with Crippen molar-refractivity contribution in [3.8, 4) is 0 Å². The minimum absolute atomic E-state index is 0.00416. The van der Waals surface area contributed by atoms with Crippen molar-refractivity contribution in [3.05, 3.63) is 53.3 Å². The van der Waals surface area contributed by atoms with E-state index in [0.717, 1.165) is 11.6 Å². The van der Waals surface area contributed by atoms with Crippen molar-refractivity contribution in [3.63, 3.8) is 0 Å². The highest BCUT2D eigenvalue weighted by Gasteiger charge is 2.11. The van der Waals surface area contributed by atoms with E-state index >= 15 is 0 Å². The van der Waals surface area contributed by atoms with Crippen molar-refractivity contribution < 1.29 is 13.2 Å². The highest BCUT2D eigenvalue weighted by Crippen LogP contribution is 2.19. The second-order valence-corrected chi connectivity index (χ2v) is 4.16. The quantitative estimate of drug-likeness (QED) is 0.880. The zero-order valence-electron chi connectivity index (χ0n) is 10.9. The molecule has 20 heavy (non-hydrogen) atoms. The van der Waals surface area contributed by atoms with Crippen molar-refractivity contribution in [2.45, 2.75) is 13.5 Å². The molecular weight excluding hydrogens is 267 g/mol. The molecule has 0 amide bonds. The molecule has 1 aromatic carbocycles. The Balaban J connectivity index is 2.12. The highest BCUT2D eigenvalue weighted by molar-refractivity contribution is 5.47. The Kier molecular flexibility index (Phi) is 4.45. The lowest BCUT2D eigenvalue weighted by Gasteiger charge is -2.10. The first-order valence-corrected chi connectivity index (χ1v) is 6.18. The number of nitrogens with zero attached hydrogens (tertiary/aromatic N) is 1. The third-order valence-corrected chi connectivity index (χ3v) is 2.65. The lowest BCUT2D eigenvalue weighted by Crippen LogP contribution is -2.08. The first-order chi connectivity index (χ1) is 9.60. The van der Waals surface area contributed by atoms with E-state index in [1.807, 2.05) is 0 Å². The van der Waals surface area contributed by atoms with Crippen LogP contribution in [-0.4, -0.2) is 11.5 Å². The van der Waals surface area contributed by atoms with Crippen molar-refractivity contribution >= 4 is 11.6 Å². The zero-order chi connectivity index (χ0) is 14.5. The van der Waals surface area contributed by atoms with Gasteiger partial charge in [0.05, 0.1) is 0 Å². The molecule has 6 heteroatoms. The predicted molar refractivity (Wildman–Crippen MR) is 72.0 cm³/mol. The summed E-state index contributed by atoms with van der Waals surface area (Å²) >= 11 is 0. The Hall–Kier alpha value is -2.24. The predicted octanol–water partition coefficient (Wildman–Crippen LogP) is 3.54. The van der Waals surface area contributed by atoms with Crippen LogP contribution in [0.15, 0.2) is 30.3 Å². The molecule has 2 aromatic rings. The molecule has 3 nitrogen and oxygen atoms in total. The Bertz CT molecular complexity index is 585. The first kappa shape index (κ1) is 14.2. The van der Waals surface area contributed by atoms with Gasteiger partial charge in [-0.25, -0.2) is 18.2 Å². The average molecular weight is 281 g/mol. The molecule has 0 aliphatic rings. The number of halogens is 3. The number of hydrogen-bond acceptors (Lipinski definition) is 3. The fourth-order valence-corrected chi connectivity index (χ4v) is 1.67. The van der Waals surface area contributed by atoms with E-state index in [2.05, 4.69) is 15.6 Å². The van der Waals surface area contributed by atoms with E-state index in [9.17, 15) is 13.2 Å². The van der Waals surface area contributed by atoms with Gasteiger partial charge in [-0.3, -0.25) is 0 Å².